The summed E-state index contributed by atoms with van der Waals surface area (Å²) in [5.41, 5.74) is 2.85. The summed E-state index contributed by atoms with van der Waals surface area (Å²) < 4.78 is 6.09. The summed E-state index contributed by atoms with van der Waals surface area (Å²) in [5.74, 6) is 1.25. The minimum atomic E-state index is 0.0185. The van der Waals surface area contributed by atoms with Crippen molar-refractivity contribution < 1.29 is 4.74 Å². The summed E-state index contributed by atoms with van der Waals surface area (Å²) in [4.78, 5) is 0. The van der Waals surface area contributed by atoms with Crippen LogP contribution < -0.4 is 0 Å². The molecule has 1 heteroatoms. The van der Waals surface area contributed by atoms with E-state index in [4.69, 9.17) is 4.74 Å². The van der Waals surface area contributed by atoms with E-state index in [-0.39, 0.29) is 5.60 Å². The fraction of sp³-hybridized carbons (Fsp3) is 0.529. The van der Waals surface area contributed by atoms with Gasteiger partial charge in [-0.3, -0.25) is 0 Å². The second-order valence-electron chi connectivity index (χ2n) is 5.92. The van der Waals surface area contributed by atoms with Gasteiger partial charge in [-0.25, -0.2) is 0 Å². The maximum absolute atomic E-state index is 6.09. The van der Waals surface area contributed by atoms with Gasteiger partial charge in [-0.05, 0) is 42.7 Å². The van der Waals surface area contributed by atoms with Crippen LogP contribution in [0.1, 0.15) is 44.1 Å². The lowest BCUT2D eigenvalue weighted by atomic mass is 9.72. The van der Waals surface area contributed by atoms with Crippen LogP contribution in [0.5, 0.6) is 0 Å². The Hall–Kier alpha value is -1.08. The fourth-order valence-electron chi connectivity index (χ4n) is 3.53. The SMILES string of the molecule is C=C1[C@H](C)COC12CCC(c1ccccc1)CC2. The molecule has 1 heterocycles. The first-order chi connectivity index (χ1) is 8.71. The Morgan fingerprint density at radius 1 is 1.17 bits per heavy atom. The van der Waals surface area contributed by atoms with Crippen LogP contribution in [-0.4, -0.2) is 12.2 Å². The highest BCUT2D eigenvalue weighted by atomic mass is 16.5. The number of benzene rings is 1. The second kappa shape index (κ2) is 4.55. The van der Waals surface area contributed by atoms with E-state index >= 15 is 0 Å². The molecule has 1 aliphatic carbocycles. The molecule has 0 amide bonds. The Bertz CT molecular complexity index is 426. The van der Waals surface area contributed by atoms with Gasteiger partial charge in [0, 0.05) is 5.92 Å². The van der Waals surface area contributed by atoms with E-state index in [2.05, 4.69) is 43.8 Å². The Morgan fingerprint density at radius 2 is 1.83 bits per heavy atom. The maximum atomic E-state index is 6.09. The summed E-state index contributed by atoms with van der Waals surface area (Å²) in [5, 5.41) is 0. The normalized spacial score (nSPS) is 36.2. The number of ether oxygens (including phenoxy) is 1. The molecule has 0 N–H and O–H groups in total. The lowest BCUT2D eigenvalue weighted by Gasteiger charge is -2.37. The summed E-state index contributed by atoms with van der Waals surface area (Å²) >= 11 is 0. The first kappa shape index (κ1) is 12.0. The Kier molecular flexibility index (Phi) is 3.03. The monoisotopic (exact) mass is 242 g/mol. The zero-order valence-corrected chi connectivity index (χ0v) is 11.2. The van der Waals surface area contributed by atoms with Crippen LogP contribution in [0.4, 0.5) is 0 Å². The molecule has 3 rings (SSSR count). The second-order valence-corrected chi connectivity index (χ2v) is 5.92. The van der Waals surface area contributed by atoms with Gasteiger partial charge in [0.25, 0.3) is 0 Å². The molecule has 1 aliphatic heterocycles. The third-order valence-electron chi connectivity index (χ3n) is 4.85. The van der Waals surface area contributed by atoms with Crippen molar-refractivity contribution in [1.82, 2.24) is 0 Å². The lowest BCUT2D eigenvalue weighted by molar-refractivity contribution is -0.00982. The topological polar surface area (TPSA) is 9.23 Å². The molecule has 18 heavy (non-hydrogen) atoms. The molecule has 1 aromatic carbocycles. The molecule has 0 aromatic heterocycles. The van der Waals surface area contributed by atoms with Gasteiger partial charge < -0.3 is 4.74 Å². The average Bonchev–Trinajstić information content (AvgIpc) is 2.70. The largest absolute Gasteiger partial charge is 0.370 e. The Morgan fingerprint density at radius 3 is 2.39 bits per heavy atom. The average molecular weight is 242 g/mol. The molecule has 0 unspecified atom stereocenters. The maximum Gasteiger partial charge on any atom is 0.0893 e. The van der Waals surface area contributed by atoms with Gasteiger partial charge in [0.05, 0.1) is 12.2 Å². The van der Waals surface area contributed by atoms with E-state index in [9.17, 15) is 0 Å². The van der Waals surface area contributed by atoms with E-state index in [0.29, 0.717) is 11.8 Å². The van der Waals surface area contributed by atoms with Crippen LogP contribution in [0.25, 0.3) is 0 Å². The molecule has 1 saturated carbocycles. The zero-order valence-electron chi connectivity index (χ0n) is 11.2. The van der Waals surface area contributed by atoms with Crippen molar-refractivity contribution in [3.05, 3.63) is 48.0 Å². The molecule has 1 spiro atoms. The Balaban J connectivity index is 1.70. The van der Waals surface area contributed by atoms with Gasteiger partial charge in [-0.2, -0.15) is 0 Å². The predicted molar refractivity (Wildman–Crippen MR) is 74.6 cm³/mol. The first-order valence-electron chi connectivity index (χ1n) is 7.09. The molecular formula is C17H22O. The van der Waals surface area contributed by atoms with E-state index in [1.807, 2.05) is 0 Å². The number of hydrogen-bond acceptors (Lipinski definition) is 1. The third-order valence-corrected chi connectivity index (χ3v) is 4.85. The minimum Gasteiger partial charge on any atom is -0.370 e. The molecule has 1 aromatic rings. The predicted octanol–water partition coefficient (Wildman–Crippen LogP) is 4.31. The van der Waals surface area contributed by atoms with E-state index in [0.717, 1.165) is 19.4 Å². The molecule has 0 bridgehead atoms. The van der Waals surface area contributed by atoms with Crippen LogP contribution in [0.2, 0.25) is 0 Å². The Labute approximate surface area is 110 Å². The van der Waals surface area contributed by atoms with Gasteiger partial charge >= 0.3 is 0 Å². The van der Waals surface area contributed by atoms with Crippen molar-refractivity contribution in [3.63, 3.8) is 0 Å². The van der Waals surface area contributed by atoms with Gasteiger partial charge in [0.2, 0.25) is 0 Å². The fourth-order valence-corrected chi connectivity index (χ4v) is 3.53. The van der Waals surface area contributed by atoms with E-state index < -0.39 is 0 Å². The van der Waals surface area contributed by atoms with Gasteiger partial charge in [0.1, 0.15) is 0 Å². The quantitative estimate of drug-likeness (QED) is 0.667. The van der Waals surface area contributed by atoms with Crippen molar-refractivity contribution in [3.8, 4) is 0 Å². The van der Waals surface area contributed by atoms with Crippen LogP contribution in [0, 0.1) is 5.92 Å². The van der Waals surface area contributed by atoms with Crippen LogP contribution >= 0.6 is 0 Å². The number of hydrogen-bond donors (Lipinski definition) is 0. The minimum absolute atomic E-state index is 0.0185. The summed E-state index contributed by atoms with van der Waals surface area (Å²) in [6.45, 7) is 7.39. The molecule has 2 fully saturated rings. The molecule has 1 nitrogen and oxygen atoms in total. The van der Waals surface area contributed by atoms with Crippen molar-refractivity contribution in [2.45, 2.75) is 44.1 Å². The smallest absolute Gasteiger partial charge is 0.0893 e. The van der Waals surface area contributed by atoms with Crippen molar-refractivity contribution in [2.75, 3.05) is 6.61 Å². The van der Waals surface area contributed by atoms with Gasteiger partial charge in [-0.1, -0.05) is 43.8 Å². The summed E-state index contributed by atoms with van der Waals surface area (Å²) in [6.07, 6.45) is 4.76. The number of rotatable bonds is 1. The highest BCUT2D eigenvalue weighted by Gasteiger charge is 2.44. The molecule has 0 radical (unpaired) electrons. The first-order valence-corrected chi connectivity index (χ1v) is 7.09. The van der Waals surface area contributed by atoms with E-state index in [1.165, 1.54) is 24.0 Å². The summed E-state index contributed by atoms with van der Waals surface area (Å²) in [7, 11) is 0. The lowest BCUT2D eigenvalue weighted by Crippen LogP contribution is -2.34. The molecule has 96 valence electrons. The van der Waals surface area contributed by atoms with E-state index in [1.54, 1.807) is 0 Å². The van der Waals surface area contributed by atoms with Crippen molar-refractivity contribution in [1.29, 1.82) is 0 Å². The molecular weight excluding hydrogens is 220 g/mol. The van der Waals surface area contributed by atoms with Crippen LogP contribution in [0.3, 0.4) is 0 Å². The molecule has 1 atom stereocenters. The van der Waals surface area contributed by atoms with Crippen LogP contribution in [0.15, 0.2) is 42.5 Å². The van der Waals surface area contributed by atoms with Crippen molar-refractivity contribution >= 4 is 0 Å². The van der Waals surface area contributed by atoms with Crippen molar-refractivity contribution in [2.24, 2.45) is 5.92 Å². The highest BCUT2D eigenvalue weighted by molar-refractivity contribution is 5.25. The molecule has 2 aliphatic rings. The van der Waals surface area contributed by atoms with Gasteiger partial charge in [0.15, 0.2) is 0 Å². The highest BCUT2D eigenvalue weighted by Crippen LogP contribution is 2.48. The third kappa shape index (κ3) is 1.91. The van der Waals surface area contributed by atoms with Gasteiger partial charge in [-0.15, -0.1) is 0 Å². The standard InChI is InChI=1S/C17H22O/c1-13-12-18-17(14(13)2)10-8-16(9-11-17)15-6-4-3-5-7-15/h3-7,13,16H,2,8-12H2,1H3/t13-,16?,17?/m1/s1. The molecule has 1 saturated heterocycles. The summed E-state index contributed by atoms with van der Waals surface area (Å²) in [6, 6.07) is 10.9. The van der Waals surface area contributed by atoms with Crippen LogP contribution in [-0.2, 0) is 4.74 Å². The zero-order chi connectivity index (χ0) is 12.6.